The number of unbranched alkanes of at least 4 members (excludes halogenated alkanes) is 2. The molecule has 1 aromatic rings. The van der Waals surface area contributed by atoms with Crippen LogP contribution in [0.5, 0.6) is 5.75 Å². The second-order valence-electron chi connectivity index (χ2n) is 9.76. The fourth-order valence-corrected chi connectivity index (χ4v) is 5.29. The number of nitrogens with two attached hydrogens (primary N) is 1. The Morgan fingerprint density at radius 1 is 1.14 bits per heavy atom. The van der Waals surface area contributed by atoms with Crippen molar-refractivity contribution in [3.05, 3.63) is 22.7 Å². The molecule has 0 bridgehead atoms. The largest absolute Gasteiger partial charge is 0.496 e. The lowest BCUT2D eigenvalue weighted by Crippen LogP contribution is -2.55. The van der Waals surface area contributed by atoms with Crippen molar-refractivity contribution < 1.29 is 19.1 Å². The second-order valence-corrected chi connectivity index (χ2v) is 10.2. The fraction of sp³-hybridized carbons (Fsp3) is 0.692. The smallest absolute Gasteiger partial charge is 0.255 e. The molecule has 3 rings (SSSR count). The number of piperidine rings is 2. The molecule has 0 aliphatic carbocycles. The van der Waals surface area contributed by atoms with Crippen LogP contribution in [0.4, 0.5) is 5.69 Å². The first-order valence-corrected chi connectivity index (χ1v) is 13.2. The maximum Gasteiger partial charge on any atom is 0.255 e. The average molecular weight is 509 g/mol. The molecule has 2 aliphatic heterocycles. The zero-order valence-corrected chi connectivity index (χ0v) is 22.1. The molecule has 2 atom stereocenters. The van der Waals surface area contributed by atoms with Crippen molar-refractivity contribution in [1.82, 2.24) is 15.1 Å². The van der Waals surface area contributed by atoms with Crippen LogP contribution in [0.3, 0.4) is 0 Å². The lowest BCUT2D eigenvalue weighted by molar-refractivity contribution is -0.132. The molecule has 9 heteroatoms. The number of anilines is 1. The predicted octanol–water partition coefficient (Wildman–Crippen LogP) is 3.57. The number of methoxy groups -OCH3 is 2. The number of hydrogen-bond donors (Lipinski definition) is 2. The number of ether oxygens (including phenoxy) is 2. The van der Waals surface area contributed by atoms with Crippen LogP contribution >= 0.6 is 11.6 Å². The first-order valence-electron chi connectivity index (χ1n) is 12.8. The highest BCUT2D eigenvalue weighted by Crippen LogP contribution is 2.29. The number of nitrogens with zero attached hydrogens (tertiary/aromatic N) is 2. The van der Waals surface area contributed by atoms with Crippen LogP contribution in [0.25, 0.3) is 0 Å². The molecule has 2 heterocycles. The molecule has 2 aliphatic rings. The lowest BCUT2D eigenvalue weighted by Gasteiger charge is -2.41. The van der Waals surface area contributed by atoms with Crippen LogP contribution in [0.2, 0.25) is 5.02 Å². The van der Waals surface area contributed by atoms with Crippen molar-refractivity contribution in [2.45, 2.75) is 64.0 Å². The van der Waals surface area contributed by atoms with Crippen LogP contribution < -0.4 is 15.8 Å². The van der Waals surface area contributed by atoms with Gasteiger partial charge < -0.3 is 30.3 Å². The summed E-state index contributed by atoms with van der Waals surface area (Å²) in [5.41, 5.74) is 6.57. The normalized spacial score (nSPS) is 21.7. The van der Waals surface area contributed by atoms with Gasteiger partial charge in [-0.05, 0) is 37.7 Å². The van der Waals surface area contributed by atoms with Crippen LogP contribution in [-0.2, 0) is 9.53 Å². The SMILES string of the molecule is CCCCCC(=O)N1CCC(CN2CCC(NC(=O)c3cc(Cl)c(N)cc3OC)C(OC)C2)CC1. The number of amides is 2. The van der Waals surface area contributed by atoms with Gasteiger partial charge in [0.2, 0.25) is 5.91 Å². The van der Waals surface area contributed by atoms with Gasteiger partial charge in [-0.25, -0.2) is 0 Å². The summed E-state index contributed by atoms with van der Waals surface area (Å²) in [7, 11) is 3.19. The summed E-state index contributed by atoms with van der Waals surface area (Å²) in [6.45, 7) is 6.54. The summed E-state index contributed by atoms with van der Waals surface area (Å²) in [6, 6.07) is 3.01. The Kier molecular flexibility index (Phi) is 10.5. The summed E-state index contributed by atoms with van der Waals surface area (Å²) >= 11 is 6.14. The van der Waals surface area contributed by atoms with E-state index in [2.05, 4.69) is 17.1 Å². The number of rotatable bonds is 10. The van der Waals surface area contributed by atoms with Crippen molar-refractivity contribution in [3.63, 3.8) is 0 Å². The molecular formula is C26H41ClN4O4. The van der Waals surface area contributed by atoms with Gasteiger partial charge in [0.15, 0.2) is 0 Å². The molecule has 0 aromatic heterocycles. The molecule has 2 fully saturated rings. The number of benzene rings is 1. The van der Waals surface area contributed by atoms with E-state index < -0.39 is 0 Å². The minimum Gasteiger partial charge on any atom is -0.496 e. The van der Waals surface area contributed by atoms with Gasteiger partial charge in [-0.2, -0.15) is 0 Å². The highest BCUT2D eigenvalue weighted by atomic mass is 35.5. The molecule has 0 saturated carbocycles. The van der Waals surface area contributed by atoms with Crippen LogP contribution in [0.15, 0.2) is 12.1 Å². The minimum absolute atomic E-state index is 0.104. The quantitative estimate of drug-likeness (QED) is 0.370. The molecule has 35 heavy (non-hydrogen) atoms. The number of hydrogen-bond acceptors (Lipinski definition) is 6. The minimum atomic E-state index is -0.250. The maximum absolute atomic E-state index is 13.0. The average Bonchev–Trinajstić information content (AvgIpc) is 2.86. The van der Waals surface area contributed by atoms with Gasteiger partial charge in [-0.3, -0.25) is 9.59 Å². The van der Waals surface area contributed by atoms with Gasteiger partial charge in [0.25, 0.3) is 5.91 Å². The summed E-state index contributed by atoms with van der Waals surface area (Å²) in [5.74, 6) is 1.04. The molecule has 0 radical (unpaired) electrons. The molecular weight excluding hydrogens is 468 g/mol. The van der Waals surface area contributed by atoms with Gasteiger partial charge in [-0.15, -0.1) is 0 Å². The standard InChI is InChI=1S/C26H41ClN4O4/c1-4-5-6-7-25(32)31-12-8-18(9-13-31)16-30-11-10-22(24(17-30)35-3)29-26(33)19-14-20(27)21(28)15-23(19)34-2/h14-15,18,22,24H,4-13,16-17,28H2,1-3H3,(H,29,33). The maximum atomic E-state index is 13.0. The van der Waals surface area contributed by atoms with E-state index in [-0.39, 0.29) is 18.1 Å². The second kappa shape index (κ2) is 13.3. The van der Waals surface area contributed by atoms with Crippen LogP contribution in [-0.4, -0.2) is 80.7 Å². The zero-order chi connectivity index (χ0) is 25.4. The van der Waals surface area contributed by atoms with E-state index in [0.29, 0.717) is 40.3 Å². The Bertz CT molecular complexity index is 860. The molecule has 196 valence electrons. The van der Waals surface area contributed by atoms with E-state index in [1.165, 1.54) is 7.11 Å². The van der Waals surface area contributed by atoms with Crippen molar-refractivity contribution in [2.24, 2.45) is 5.92 Å². The number of nitrogen functional groups attached to an aromatic ring is 1. The number of nitrogens with one attached hydrogen (secondary N) is 1. The van der Waals surface area contributed by atoms with E-state index in [1.807, 2.05) is 4.90 Å². The molecule has 1 aromatic carbocycles. The number of halogens is 1. The Morgan fingerprint density at radius 2 is 1.89 bits per heavy atom. The lowest BCUT2D eigenvalue weighted by atomic mass is 9.93. The highest BCUT2D eigenvalue weighted by Gasteiger charge is 2.33. The topological polar surface area (TPSA) is 97.1 Å². The molecule has 2 amide bonds. The van der Waals surface area contributed by atoms with Crippen molar-refractivity contribution in [1.29, 1.82) is 0 Å². The van der Waals surface area contributed by atoms with Gasteiger partial charge >= 0.3 is 0 Å². The third kappa shape index (κ3) is 7.48. The third-order valence-electron chi connectivity index (χ3n) is 7.30. The first-order chi connectivity index (χ1) is 16.9. The van der Waals surface area contributed by atoms with E-state index in [1.54, 1.807) is 19.2 Å². The Labute approximate surface area is 214 Å². The summed E-state index contributed by atoms with van der Waals surface area (Å²) in [5, 5.41) is 3.43. The molecule has 3 N–H and O–H groups in total. The van der Waals surface area contributed by atoms with Crippen molar-refractivity contribution in [3.8, 4) is 5.75 Å². The third-order valence-corrected chi connectivity index (χ3v) is 7.63. The van der Waals surface area contributed by atoms with E-state index >= 15 is 0 Å². The number of carbonyl (C=O) groups is 2. The van der Waals surface area contributed by atoms with Crippen molar-refractivity contribution in [2.75, 3.05) is 52.7 Å². The van der Waals surface area contributed by atoms with E-state index in [4.69, 9.17) is 26.8 Å². The fourth-order valence-electron chi connectivity index (χ4n) is 5.13. The summed E-state index contributed by atoms with van der Waals surface area (Å²) < 4.78 is 11.1. The predicted molar refractivity (Wildman–Crippen MR) is 139 cm³/mol. The Hall–Kier alpha value is -2.03. The van der Waals surface area contributed by atoms with Crippen LogP contribution in [0, 0.1) is 5.92 Å². The summed E-state index contributed by atoms with van der Waals surface area (Å²) in [6.07, 6.45) is 6.73. The Morgan fingerprint density at radius 3 is 2.54 bits per heavy atom. The molecule has 2 saturated heterocycles. The van der Waals surface area contributed by atoms with Gasteiger partial charge in [-0.1, -0.05) is 31.4 Å². The van der Waals surface area contributed by atoms with Crippen molar-refractivity contribution >= 4 is 29.1 Å². The van der Waals surface area contributed by atoms with E-state index in [0.717, 1.165) is 71.2 Å². The van der Waals surface area contributed by atoms with Gasteiger partial charge in [0, 0.05) is 52.3 Å². The molecule has 8 nitrogen and oxygen atoms in total. The van der Waals surface area contributed by atoms with Crippen LogP contribution in [0.1, 0.15) is 62.2 Å². The van der Waals surface area contributed by atoms with Gasteiger partial charge in [0.1, 0.15) is 5.75 Å². The first kappa shape index (κ1) is 27.6. The molecule has 2 unspecified atom stereocenters. The number of likely N-dealkylation sites (tertiary alicyclic amines) is 2. The highest BCUT2D eigenvalue weighted by molar-refractivity contribution is 6.33. The summed E-state index contributed by atoms with van der Waals surface area (Å²) in [4.78, 5) is 29.9. The Balaban J connectivity index is 1.48. The zero-order valence-electron chi connectivity index (χ0n) is 21.4. The number of carbonyl (C=O) groups excluding carboxylic acids is 2. The van der Waals surface area contributed by atoms with E-state index in [9.17, 15) is 9.59 Å². The molecule has 0 spiro atoms. The van der Waals surface area contributed by atoms with Gasteiger partial charge in [0.05, 0.1) is 35.5 Å². The monoisotopic (exact) mass is 508 g/mol.